The summed E-state index contributed by atoms with van der Waals surface area (Å²) in [5.74, 6) is -0.287. The molecule has 0 saturated heterocycles. The van der Waals surface area contributed by atoms with Gasteiger partial charge in [0.15, 0.2) is 5.78 Å². The molecular formula is C18H17FN2O3S. The molecule has 2 aromatic rings. The summed E-state index contributed by atoms with van der Waals surface area (Å²) in [5.41, 5.74) is 1.29. The van der Waals surface area contributed by atoms with Gasteiger partial charge in [-0.3, -0.25) is 19.8 Å². The zero-order valence-electron chi connectivity index (χ0n) is 13.5. The largest absolute Gasteiger partial charge is 0.324 e. The van der Waals surface area contributed by atoms with Crippen molar-refractivity contribution in [3.63, 3.8) is 0 Å². The number of rotatable bonds is 5. The molecule has 0 bridgehead atoms. The summed E-state index contributed by atoms with van der Waals surface area (Å²) in [5, 5.41) is 11.1. The second-order valence-electron chi connectivity index (χ2n) is 6.61. The number of nitro groups is 1. The van der Waals surface area contributed by atoms with Gasteiger partial charge in [-0.15, -0.1) is 0 Å². The van der Waals surface area contributed by atoms with Gasteiger partial charge in [-0.05, 0) is 30.9 Å². The third kappa shape index (κ3) is 3.09. The third-order valence-corrected chi connectivity index (χ3v) is 6.07. The van der Waals surface area contributed by atoms with E-state index in [4.69, 9.17) is 0 Å². The Bertz CT molecular complexity index is 847. The number of hydrogen-bond acceptors (Lipinski definition) is 5. The average Bonchev–Trinajstić information content (AvgIpc) is 3.35. The Morgan fingerprint density at radius 3 is 2.80 bits per heavy atom. The van der Waals surface area contributed by atoms with Crippen LogP contribution in [0.2, 0.25) is 0 Å². The highest BCUT2D eigenvalue weighted by Crippen LogP contribution is 2.41. The average molecular weight is 360 g/mol. The van der Waals surface area contributed by atoms with Crippen molar-refractivity contribution in [2.45, 2.75) is 31.8 Å². The van der Waals surface area contributed by atoms with Crippen LogP contribution in [0, 0.1) is 21.8 Å². The van der Waals surface area contributed by atoms with Gasteiger partial charge in [0, 0.05) is 35.5 Å². The minimum absolute atomic E-state index is 0.0165. The molecule has 4 rings (SSSR count). The molecule has 0 amide bonds. The van der Waals surface area contributed by atoms with Crippen molar-refractivity contribution in [2.75, 3.05) is 6.54 Å². The van der Waals surface area contributed by atoms with E-state index in [-0.39, 0.29) is 27.4 Å². The number of carbonyl (C=O) groups is 1. The molecule has 1 aromatic carbocycles. The van der Waals surface area contributed by atoms with E-state index in [0.717, 1.165) is 23.3 Å². The third-order valence-electron chi connectivity index (χ3n) is 4.88. The first-order chi connectivity index (χ1) is 12.0. The molecule has 130 valence electrons. The van der Waals surface area contributed by atoms with Crippen LogP contribution in [0.5, 0.6) is 0 Å². The summed E-state index contributed by atoms with van der Waals surface area (Å²) in [6.45, 7) is 1.04. The number of halogens is 1. The lowest BCUT2D eigenvalue weighted by atomic mass is 9.95. The predicted octanol–water partition coefficient (Wildman–Crippen LogP) is 3.87. The van der Waals surface area contributed by atoms with E-state index in [2.05, 4.69) is 0 Å². The maximum absolute atomic E-state index is 14.4. The first kappa shape index (κ1) is 16.4. The molecule has 0 radical (unpaired) electrons. The van der Waals surface area contributed by atoms with Gasteiger partial charge in [0.25, 0.3) is 0 Å². The molecule has 1 aromatic heterocycles. The fourth-order valence-corrected chi connectivity index (χ4v) is 4.44. The topological polar surface area (TPSA) is 63.5 Å². The maximum atomic E-state index is 14.4. The van der Waals surface area contributed by atoms with Crippen LogP contribution in [-0.2, 0) is 17.8 Å². The Morgan fingerprint density at radius 2 is 2.12 bits per heavy atom. The summed E-state index contributed by atoms with van der Waals surface area (Å²) >= 11 is 1.20. The zero-order chi connectivity index (χ0) is 17.6. The molecule has 0 N–H and O–H groups in total. The summed E-state index contributed by atoms with van der Waals surface area (Å²) < 4.78 is 14.4. The Morgan fingerprint density at radius 1 is 1.36 bits per heavy atom. The van der Waals surface area contributed by atoms with Gasteiger partial charge in [-0.1, -0.05) is 29.5 Å². The van der Waals surface area contributed by atoms with Crippen LogP contribution in [0.3, 0.4) is 0 Å². The van der Waals surface area contributed by atoms with E-state index >= 15 is 0 Å². The van der Waals surface area contributed by atoms with Crippen molar-refractivity contribution in [3.05, 3.63) is 62.3 Å². The molecule has 1 fully saturated rings. The fourth-order valence-electron chi connectivity index (χ4n) is 3.47. The van der Waals surface area contributed by atoms with Gasteiger partial charge in [0.1, 0.15) is 5.82 Å². The quantitative estimate of drug-likeness (QED) is 0.600. The first-order valence-electron chi connectivity index (χ1n) is 8.33. The second kappa shape index (κ2) is 6.31. The van der Waals surface area contributed by atoms with Crippen molar-refractivity contribution < 1.29 is 14.1 Å². The zero-order valence-corrected chi connectivity index (χ0v) is 14.3. The minimum atomic E-state index is -0.610. The van der Waals surface area contributed by atoms with Gasteiger partial charge in [-0.2, -0.15) is 0 Å². The molecule has 1 saturated carbocycles. The maximum Gasteiger partial charge on any atom is 0.324 e. The van der Waals surface area contributed by atoms with Crippen LogP contribution in [0.1, 0.15) is 34.9 Å². The van der Waals surface area contributed by atoms with Gasteiger partial charge < -0.3 is 0 Å². The summed E-state index contributed by atoms with van der Waals surface area (Å²) in [6, 6.07) is 7.40. The van der Waals surface area contributed by atoms with Crippen LogP contribution in [0.25, 0.3) is 0 Å². The molecule has 1 aliphatic heterocycles. The molecule has 0 spiro atoms. The van der Waals surface area contributed by atoms with Crippen molar-refractivity contribution in [2.24, 2.45) is 5.92 Å². The highest BCUT2D eigenvalue weighted by molar-refractivity contribution is 7.15. The van der Waals surface area contributed by atoms with E-state index < -0.39 is 6.04 Å². The van der Waals surface area contributed by atoms with Gasteiger partial charge >= 0.3 is 5.00 Å². The molecule has 2 heterocycles. The van der Waals surface area contributed by atoms with Crippen molar-refractivity contribution in [3.8, 4) is 0 Å². The lowest BCUT2D eigenvalue weighted by Gasteiger charge is -2.34. The van der Waals surface area contributed by atoms with E-state index in [1.807, 2.05) is 4.90 Å². The normalized spacial score (nSPS) is 18.6. The Hall–Kier alpha value is -2.12. The molecule has 25 heavy (non-hydrogen) atoms. The van der Waals surface area contributed by atoms with Crippen LogP contribution in [0.15, 0.2) is 30.3 Å². The summed E-state index contributed by atoms with van der Waals surface area (Å²) in [7, 11) is 0. The van der Waals surface area contributed by atoms with Crippen LogP contribution < -0.4 is 0 Å². The number of carbonyl (C=O) groups excluding carboxylic acids is 1. The number of fused-ring (bicyclic) bond motifs is 1. The van der Waals surface area contributed by atoms with Crippen LogP contribution in [-0.4, -0.2) is 22.2 Å². The Balaban J connectivity index is 1.67. The molecule has 1 aliphatic carbocycles. The van der Waals surface area contributed by atoms with Crippen molar-refractivity contribution in [1.82, 2.24) is 4.90 Å². The first-order valence-corrected chi connectivity index (χ1v) is 9.14. The van der Waals surface area contributed by atoms with E-state index in [9.17, 15) is 19.3 Å². The van der Waals surface area contributed by atoms with Crippen molar-refractivity contribution in [1.29, 1.82) is 0 Å². The molecule has 1 atom stereocenters. The lowest BCUT2D eigenvalue weighted by Crippen LogP contribution is -2.38. The van der Waals surface area contributed by atoms with Crippen LogP contribution >= 0.6 is 11.3 Å². The van der Waals surface area contributed by atoms with Gasteiger partial charge in [0.2, 0.25) is 0 Å². The molecule has 2 aliphatic rings. The SMILES string of the molecule is O=C(C1CC1)C(c1ccccc1F)N1CCc2sc([N+](=O)[O-])cc2C1. The minimum Gasteiger partial charge on any atom is -0.297 e. The van der Waals surface area contributed by atoms with Crippen molar-refractivity contribution >= 4 is 22.1 Å². The highest BCUT2D eigenvalue weighted by atomic mass is 32.1. The lowest BCUT2D eigenvalue weighted by molar-refractivity contribution is -0.380. The van der Waals surface area contributed by atoms with E-state index in [1.54, 1.807) is 24.3 Å². The number of benzene rings is 1. The highest BCUT2D eigenvalue weighted by Gasteiger charge is 2.40. The van der Waals surface area contributed by atoms with Gasteiger partial charge in [-0.25, -0.2) is 4.39 Å². The monoisotopic (exact) mass is 360 g/mol. The molecule has 7 heteroatoms. The molecule has 5 nitrogen and oxygen atoms in total. The molecular weight excluding hydrogens is 343 g/mol. The van der Waals surface area contributed by atoms with Gasteiger partial charge in [0.05, 0.1) is 11.0 Å². The Labute approximate surface area is 148 Å². The summed E-state index contributed by atoms with van der Waals surface area (Å²) in [6.07, 6.45) is 2.39. The number of ketones is 1. The van der Waals surface area contributed by atoms with E-state index in [1.165, 1.54) is 17.4 Å². The molecule has 1 unspecified atom stereocenters. The van der Waals surface area contributed by atoms with Crippen LogP contribution in [0.4, 0.5) is 9.39 Å². The predicted molar refractivity (Wildman–Crippen MR) is 92.0 cm³/mol. The Kier molecular flexibility index (Phi) is 4.13. The smallest absolute Gasteiger partial charge is 0.297 e. The number of nitrogens with zero attached hydrogens (tertiary/aromatic N) is 2. The fraction of sp³-hybridized carbons (Fsp3) is 0.389. The summed E-state index contributed by atoms with van der Waals surface area (Å²) in [4.78, 5) is 26.5. The number of Topliss-reactive ketones (excluding diaryl/α,β-unsaturated/α-hetero) is 1. The number of hydrogen-bond donors (Lipinski definition) is 0. The second-order valence-corrected chi connectivity index (χ2v) is 7.73. The van der Waals surface area contributed by atoms with E-state index in [0.29, 0.717) is 25.1 Å². The standard InChI is InChI=1S/C18H17FN2O3S/c19-14-4-2-1-3-13(14)17(18(22)11-5-6-11)20-8-7-15-12(10-20)9-16(25-15)21(23)24/h1-4,9,11,17H,5-8,10H2. The number of thiophene rings is 1.